The predicted octanol–water partition coefficient (Wildman–Crippen LogP) is 5.62. The number of anilines is 1. The van der Waals surface area contributed by atoms with Crippen LogP contribution in [0.1, 0.15) is 18.1 Å². The molecule has 4 aromatic rings. The molecule has 1 aromatic heterocycles. The molecule has 0 saturated carbocycles. The minimum atomic E-state index is -0.0152. The Morgan fingerprint density at radius 2 is 1.71 bits per heavy atom. The van der Waals surface area contributed by atoms with Gasteiger partial charge in [-0.1, -0.05) is 30.3 Å². The highest BCUT2D eigenvalue weighted by Crippen LogP contribution is 2.28. The summed E-state index contributed by atoms with van der Waals surface area (Å²) in [7, 11) is 1.62. The second kappa shape index (κ2) is 9.39. The van der Waals surface area contributed by atoms with Crippen molar-refractivity contribution in [2.75, 3.05) is 18.6 Å². The summed E-state index contributed by atoms with van der Waals surface area (Å²) in [6, 6.07) is 23.2. The lowest BCUT2D eigenvalue weighted by Gasteiger charge is -2.23. The van der Waals surface area contributed by atoms with Gasteiger partial charge in [-0.15, -0.1) is 0 Å². The Balaban J connectivity index is 1.63. The number of hydrogen-bond acceptors (Lipinski definition) is 4. The molecule has 0 spiro atoms. The third-order valence-corrected chi connectivity index (χ3v) is 5.15. The first-order valence-corrected chi connectivity index (χ1v) is 10.3. The third-order valence-electron chi connectivity index (χ3n) is 5.15. The van der Waals surface area contributed by atoms with E-state index in [-0.39, 0.29) is 12.3 Å². The maximum Gasteiger partial charge on any atom is 0.231 e. The first-order valence-electron chi connectivity index (χ1n) is 10.3. The van der Waals surface area contributed by atoms with Gasteiger partial charge in [-0.05, 0) is 55.0 Å². The average molecular weight is 415 g/mol. The van der Waals surface area contributed by atoms with Gasteiger partial charge in [0.1, 0.15) is 17.1 Å². The van der Waals surface area contributed by atoms with E-state index in [1.165, 1.54) is 0 Å². The zero-order valence-corrected chi connectivity index (χ0v) is 17.7. The summed E-state index contributed by atoms with van der Waals surface area (Å²) in [6.07, 6.45) is 1.88. The van der Waals surface area contributed by atoms with Crippen molar-refractivity contribution in [1.29, 1.82) is 0 Å². The van der Waals surface area contributed by atoms with Gasteiger partial charge in [0.2, 0.25) is 5.91 Å². The lowest BCUT2D eigenvalue weighted by molar-refractivity contribution is -0.118. The Bertz CT molecular complexity index is 1150. The number of benzene rings is 3. The number of carbonyl (C=O) groups excluding carboxylic acids is 1. The van der Waals surface area contributed by atoms with E-state index in [9.17, 15) is 4.79 Å². The van der Waals surface area contributed by atoms with Crippen LogP contribution in [0.4, 0.5) is 5.69 Å². The first-order chi connectivity index (χ1) is 15.2. The molecule has 3 aromatic carbocycles. The van der Waals surface area contributed by atoms with Crippen LogP contribution in [0.15, 0.2) is 83.5 Å². The molecule has 1 heterocycles. The predicted molar refractivity (Wildman–Crippen MR) is 122 cm³/mol. The normalized spacial score (nSPS) is 10.8. The Hall–Kier alpha value is -3.73. The molecule has 0 unspecified atom stereocenters. The number of amides is 1. The number of methoxy groups -OCH3 is 1. The molecular weight excluding hydrogens is 390 g/mol. The van der Waals surface area contributed by atoms with Gasteiger partial charge in [0.05, 0.1) is 32.9 Å². The first kappa shape index (κ1) is 20.5. The summed E-state index contributed by atoms with van der Waals surface area (Å²) >= 11 is 0. The van der Waals surface area contributed by atoms with Crippen molar-refractivity contribution in [3.63, 3.8) is 0 Å². The Kier molecular flexibility index (Phi) is 6.22. The average Bonchev–Trinajstić information content (AvgIpc) is 3.20. The van der Waals surface area contributed by atoms with Crippen molar-refractivity contribution in [3.05, 3.63) is 90.2 Å². The van der Waals surface area contributed by atoms with E-state index in [1.807, 2.05) is 79.7 Å². The molecule has 5 nitrogen and oxygen atoms in total. The van der Waals surface area contributed by atoms with E-state index >= 15 is 0 Å². The highest BCUT2D eigenvalue weighted by Gasteiger charge is 2.19. The van der Waals surface area contributed by atoms with E-state index in [4.69, 9.17) is 13.9 Å². The Labute approximate surface area is 181 Å². The number of hydrogen-bond donors (Lipinski definition) is 0. The molecule has 1 amide bonds. The maximum atomic E-state index is 13.4. The van der Waals surface area contributed by atoms with E-state index < -0.39 is 0 Å². The van der Waals surface area contributed by atoms with Gasteiger partial charge in [0.25, 0.3) is 0 Å². The van der Waals surface area contributed by atoms with Gasteiger partial charge in [0.15, 0.2) is 0 Å². The van der Waals surface area contributed by atoms with Crippen molar-refractivity contribution < 1.29 is 18.7 Å². The molecule has 158 valence electrons. The summed E-state index contributed by atoms with van der Waals surface area (Å²) in [4.78, 5) is 15.2. The number of nitrogens with zero attached hydrogens (tertiary/aromatic N) is 1. The highest BCUT2D eigenvalue weighted by molar-refractivity contribution is 5.97. The number of fused-ring (bicyclic) bond motifs is 1. The largest absolute Gasteiger partial charge is 0.497 e. The van der Waals surface area contributed by atoms with Gasteiger partial charge in [-0.2, -0.15) is 0 Å². The van der Waals surface area contributed by atoms with Crippen LogP contribution in [-0.4, -0.2) is 19.6 Å². The van der Waals surface area contributed by atoms with Gasteiger partial charge in [0, 0.05) is 16.6 Å². The van der Waals surface area contributed by atoms with Crippen LogP contribution in [0, 0.1) is 0 Å². The molecule has 0 atom stereocenters. The van der Waals surface area contributed by atoms with Crippen LogP contribution in [0.3, 0.4) is 0 Å². The summed E-state index contributed by atoms with van der Waals surface area (Å²) < 4.78 is 16.5. The minimum Gasteiger partial charge on any atom is -0.497 e. The summed E-state index contributed by atoms with van der Waals surface area (Å²) in [6.45, 7) is 3.03. The van der Waals surface area contributed by atoms with Crippen LogP contribution < -0.4 is 14.4 Å². The molecule has 0 aliphatic rings. The molecule has 0 radical (unpaired) electrons. The van der Waals surface area contributed by atoms with Crippen LogP contribution in [0.2, 0.25) is 0 Å². The fourth-order valence-electron chi connectivity index (χ4n) is 3.56. The quantitative estimate of drug-likeness (QED) is 0.375. The number of carbonyl (C=O) groups is 1. The van der Waals surface area contributed by atoms with Crippen LogP contribution in [-0.2, 0) is 17.8 Å². The second-order valence-electron chi connectivity index (χ2n) is 7.19. The third kappa shape index (κ3) is 4.72. The smallest absolute Gasteiger partial charge is 0.231 e. The molecule has 5 heteroatoms. The highest BCUT2D eigenvalue weighted by atomic mass is 16.5. The molecule has 0 fully saturated rings. The Morgan fingerprint density at radius 3 is 2.42 bits per heavy atom. The zero-order valence-electron chi connectivity index (χ0n) is 17.7. The van der Waals surface area contributed by atoms with Crippen molar-refractivity contribution in [2.45, 2.75) is 19.9 Å². The van der Waals surface area contributed by atoms with Gasteiger partial charge in [-0.25, -0.2) is 0 Å². The fourth-order valence-corrected chi connectivity index (χ4v) is 3.56. The molecule has 0 saturated heterocycles. The molecule has 0 N–H and O–H groups in total. The zero-order chi connectivity index (χ0) is 21.6. The Morgan fingerprint density at radius 1 is 0.968 bits per heavy atom. The lowest BCUT2D eigenvalue weighted by Crippen LogP contribution is -2.31. The molecule has 4 rings (SSSR count). The fraction of sp³-hybridized carbons (Fsp3) is 0.192. The summed E-state index contributed by atoms with van der Waals surface area (Å²) in [5, 5.41) is 0.888. The SMILES string of the molecule is CCOc1ccc(N(Cc2ccccc2)C(=O)Cc2coc3ccc(OC)cc23)cc1. The van der Waals surface area contributed by atoms with E-state index in [0.717, 1.165) is 39.3 Å². The van der Waals surface area contributed by atoms with Gasteiger partial charge >= 0.3 is 0 Å². The standard InChI is InChI=1S/C26H25NO4/c1-3-30-22-11-9-21(10-12-22)27(17-19-7-5-4-6-8-19)26(28)15-20-18-31-25-14-13-23(29-2)16-24(20)25/h4-14,16,18H,3,15,17H2,1-2H3. The van der Waals surface area contributed by atoms with E-state index in [0.29, 0.717) is 13.2 Å². The topological polar surface area (TPSA) is 51.9 Å². The number of rotatable bonds is 8. The minimum absolute atomic E-state index is 0.0152. The van der Waals surface area contributed by atoms with E-state index in [2.05, 4.69) is 0 Å². The maximum absolute atomic E-state index is 13.4. The lowest BCUT2D eigenvalue weighted by atomic mass is 10.1. The molecule has 0 aliphatic carbocycles. The molecule has 0 aliphatic heterocycles. The van der Waals surface area contributed by atoms with Crippen LogP contribution >= 0.6 is 0 Å². The summed E-state index contributed by atoms with van der Waals surface area (Å²) in [5.41, 5.74) is 3.45. The number of ether oxygens (including phenoxy) is 2. The van der Waals surface area contributed by atoms with Crippen molar-refractivity contribution in [2.24, 2.45) is 0 Å². The van der Waals surface area contributed by atoms with Crippen LogP contribution in [0.25, 0.3) is 11.0 Å². The molecular formula is C26H25NO4. The van der Waals surface area contributed by atoms with Gasteiger partial charge < -0.3 is 18.8 Å². The second-order valence-corrected chi connectivity index (χ2v) is 7.19. The van der Waals surface area contributed by atoms with Crippen molar-refractivity contribution in [1.82, 2.24) is 0 Å². The monoisotopic (exact) mass is 415 g/mol. The van der Waals surface area contributed by atoms with Crippen molar-refractivity contribution >= 4 is 22.6 Å². The van der Waals surface area contributed by atoms with Crippen LogP contribution in [0.5, 0.6) is 11.5 Å². The van der Waals surface area contributed by atoms with E-state index in [1.54, 1.807) is 18.3 Å². The van der Waals surface area contributed by atoms with Crippen molar-refractivity contribution in [3.8, 4) is 11.5 Å². The molecule has 31 heavy (non-hydrogen) atoms. The number of furan rings is 1. The van der Waals surface area contributed by atoms with Gasteiger partial charge in [-0.3, -0.25) is 4.79 Å². The molecule has 0 bridgehead atoms. The summed E-state index contributed by atoms with van der Waals surface area (Å²) in [5.74, 6) is 1.50.